The van der Waals surface area contributed by atoms with Gasteiger partial charge in [-0.25, -0.2) is 4.79 Å². The van der Waals surface area contributed by atoms with E-state index in [4.69, 9.17) is 15.4 Å². The van der Waals surface area contributed by atoms with Gasteiger partial charge in [0.05, 0.1) is 24.5 Å². The second kappa shape index (κ2) is 9.75. The van der Waals surface area contributed by atoms with E-state index in [9.17, 15) is 9.59 Å². The summed E-state index contributed by atoms with van der Waals surface area (Å²) in [5.74, 6) is 5.13. The maximum absolute atomic E-state index is 12.3. The standard InChI is InChI=1S/C22H24N2O5/c1-27-20-14-15(10-12-19(20)28-16-6-2-3-7-16)11-13-21(25)24-18-9-5-4-8-17(18)22(26)29-23/h4-5,8-14,16H,2-3,6-7,23H2,1H3,(H,24,25)/b13-11+. The normalized spacial score (nSPS) is 14.0. The lowest BCUT2D eigenvalue weighted by Crippen LogP contribution is -2.15. The third kappa shape index (κ3) is 5.36. The summed E-state index contributed by atoms with van der Waals surface area (Å²) in [6.45, 7) is 0. The van der Waals surface area contributed by atoms with E-state index in [1.54, 1.807) is 31.4 Å². The zero-order chi connectivity index (χ0) is 20.6. The SMILES string of the molecule is COc1cc(/C=C/C(=O)Nc2ccccc2C(=O)ON)ccc1OC1CCCC1. The zero-order valence-corrected chi connectivity index (χ0v) is 16.2. The monoisotopic (exact) mass is 396 g/mol. The lowest BCUT2D eigenvalue weighted by Gasteiger charge is -2.16. The Morgan fingerprint density at radius 2 is 1.86 bits per heavy atom. The fourth-order valence-electron chi connectivity index (χ4n) is 3.25. The third-order valence-electron chi connectivity index (χ3n) is 4.72. The highest BCUT2D eigenvalue weighted by Crippen LogP contribution is 2.32. The van der Waals surface area contributed by atoms with Crippen LogP contribution in [-0.2, 0) is 9.63 Å². The van der Waals surface area contributed by atoms with Gasteiger partial charge in [-0.15, -0.1) is 0 Å². The Morgan fingerprint density at radius 1 is 1.10 bits per heavy atom. The first-order valence-corrected chi connectivity index (χ1v) is 9.44. The summed E-state index contributed by atoms with van der Waals surface area (Å²) in [5.41, 5.74) is 1.27. The fourth-order valence-corrected chi connectivity index (χ4v) is 3.25. The van der Waals surface area contributed by atoms with Gasteiger partial charge in [0.2, 0.25) is 5.91 Å². The molecule has 1 saturated carbocycles. The van der Waals surface area contributed by atoms with Crippen LogP contribution in [0, 0.1) is 0 Å². The molecular formula is C22H24N2O5. The number of rotatable bonds is 7. The van der Waals surface area contributed by atoms with Gasteiger partial charge in [0, 0.05) is 6.08 Å². The average molecular weight is 396 g/mol. The van der Waals surface area contributed by atoms with Gasteiger partial charge >= 0.3 is 5.97 Å². The molecule has 152 valence electrons. The van der Waals surface area contributed by atoms with Crippen molar-refractivity contribution in [3.8, 4) is 11.5 Å². The van der Waals surface area contributed by atoms with Gasteiger partial charge in [-0.05, 0) is 61.6 Å². The van der Waals surface area contributed by atoms with Gasteiger partial charge in [0.15, 0.2) is 11.5 Å². The van der Waals surface area contributed by atoms with Crippen LogP contribution in [0.5, 0.6) is 11.5 Å². The molecule has 0 radical (unpaired) electrons. The van der Waals surface area contributed by atoms with Crippen molar-refractivity contribution in [3.63, 3.8) is 0 Å². The number of ether oxygens (including phenoxy) is 2. The molecule has 0 unspecified atom stereocenters. The Balaban J connectivity index is 1.68. The van der Waals surface area contributed by atoms with Crippen molar-refractivity contribution in [2.45, 2.75) is 31.8 Å². The molecule has 0 spiro atoms. The Kier molecular flexibility index (Phi) is 6.86. The molecule has 7 heteroatoms. The summed E-state index contributed by atoms with van der Waals surface area (Å²) in [6, 6.07) is 12.0. The van der Waals surface area contributed by atoms with E-state index in [1.165, 1.54) is 25.0 Å². The molecule has 0 bridgehead atoms. The van der Waals surface area contributed by atoms with Gasteiger partial charge in [-0.1, -0.05) is 18.2 Å². The van der Waals surface area contributed by atoms with Crippen molar-refractivity contribution >= 4 is 23.6 Å². The second-order valence-corrected chi connectivity index (χ2v) is 6.71. The Hall–Kier alpha value is -3.32. The summed E-state index contributed by atoms with van der Waals surface area (Å²) in [4.78, 5) is 28.2. The Bertz CT molecular complexity index is 904. The molecule has 3 rings (SSSR count). The maximum Gasteiger partial charge on any atom is 0.358 e. The minimum absolute atomic E-state index is 0.173. The number of carbonyl (C=O) groups is 2. The molecule has 3 N–H and O–H groups in total. The first-order valence-electron chi connectivity index (χ1n) is 9.44. The summed E-state index contributed by atoms with van der Waals surface area (Å²) < 4.78 is 11.5. The van der Waals surface area contributed by atoms with Crippen LogP contribution in [0.2, 0.25) is 0 Å². The Labute approximate surface area is 169 Å². The quantitative estimate of drug-likeness (QED) is 0.547. The largest absolute Gasteiger partial charge is 0.493 e. The maximum atomic E-state index is 12.3. The van der Waals surface area contributed by atoms with E-state index >= 15 is 0 Å². The zero-order valence-electron chi connectivity index (χ0n) is 16.2. The number of benzene rings is 2. The van der Waals surface area contributed by atoms with Crippen molar-refractivity contribution in [1.29, 1.82) is 0 Å². The number of hydrogen-bond acceptors (Lipinski definition) is 6. The highest BCUT2D eigenvalue weighted by atomic mass is 16.7. The number of nitrogens with one attached hydrogen (secondary N) is 1. The molecule has 0 saturated heterocycles. The molecule has 2 aromatic carbocycles. The number of methoxy groups -OCH3 is 1. The second-order valence-electron chi connectivity index (χ2n) is 6.71. The summed E-state index contributed by atoms with van der Waals surface area (Å²) >= 11 is 0. The highest BCUT2D eigenvalue weighted by Gasteiger charge is 2.18. The predicted molar refractivity (Wildman–Crippen MR) is 110 cm³/mol. The van der Waals surface area contributed by atoms with E-state index in [-0.39, 0.29) is 11.7 Å². The van der Waals surface area contributed by atoms with E-state index < -0.39 is 11.9 Å². The molecule has 0 atom stereocenters. The summed E-state index contributed by atoms with van der Waals surface area (Å²) in [5, 5.41) is 2.65. The molecule has 1 aliphatic carbocycles. The minimum atomic E-state index is -0.729. The lowest BCUT2D eigenvalue weighted by atomic mass is 10.1. The van der Waals surface area contributed by atoms with Crippen molar-refractivity contribution in [3.05, 3.63) is 59.7 Å². The Morgan fingerprint density at radius 3 is 2.59 bits per heavy atom. The minimum Gasteiger partial charge on any atom is -0.493 e. The summed E-state index contributed by atoms with van der Waals surface area (Å²) in [6.07, 6.45) is 7.76. The van der Waals surface area contributed by atoms with Gasteiger partial charge in [0.25, 0.3) is 0 Å². The number of para-hydroxylation sites is 1. The van der Waals surface area contributed by atoms with Gasteiger partial charge in [-0.3, -0.25) is 4.79 Å². The van der Waals surface area contributed by atoms with E-state index in [0.717, 1.165) is 18.4 Å². The van der Waals surface area contributed by atoms with Crippen LogP contribution < -0.4 is 20.7 Å². The third-order valence-corrected chi connectivity index (χ3v) is 4.72. The molecule has 2 aromatic rings. The van der Waals surface area contributed by atoms with E-state index in [2.05, 4.69) is 10.2 Å². The van der Waals surface area contributed by atoms with Crippen LogP contribution in [0.15, 0.2) is 48.5 Å². The number of carbonyl (C=O) groups excluding carboxylic acids is 2. The number of hydrogen-bond donors (Lipinski definition) is 2. The van der Waals surface area contributed by atoms with Crippen molar-refractivity contribution in [2.24, 2.45) is 5.90 Å². The van der Waals surface area contributed by atoms with Crippen LogP contribution in [0.1, 0.15) is 41.6 Å². The van der Waals surface area contributed by atoms with Crippen LogP contribution in [0.4, 0.5) is 5.69 Å². The lowest BCUT2D eigenvalue weighted by molar-refractivity contribution is -0.111. The van der Waals surface area contributed by atoms with Gasteiger partial charge < -0.3 is 19.6 Å². The number of amides is 1. The van der Waals surface area contributed by atoms with Crippen molar-refractivity contribution in [2.75, 3.05) is 12.4 Å². The molecule has 0 heterocycles. The first-order chi connectivity index (χ1) is 14.1. The number of anilines is 1. The number of nitrogens with two attached hydrogens (primary N) is 1. The van der Waals surface area contributed by atoms with Crippen molar-refractivity contribution in [1.82, 2.24) is 0 Å². The molecule has 7 nitrogen and oxygen atoms in total. The van der Waals surface area contributed by atoms with E-state index in [1.807, 2.05) is 18.2 Å². The molecular weight excluding hydrogens is 372 g/mol. The van der Waals surface area contributed by atoms with Crippen LogP contribution in [-0.4, -0.2) is 25.1 Å². The smallest absolute Gasteiger partial charge is 0.358 e. The van der Waals surface area contributed by atoms with Gasteiger partial charge in [-0.2, -0.15) is 5.90 Å². The van der Waals surface area contributed by atoms with Crippen LogP contribution >= 0.6 is 0 Å². The van der Waals surface area contributed by atoms with Crippen LogP contribution in [0.3, 0.4) is 0 Å². The predicted octanol–water partition coefficient (Wildman–Crippen LogP) is 3.70. The van der Waals surface area contributed by atoms with Crippen LogP contribution in [0.25, 0.3) is 6.08 Å². The molecule has 29 heavy (non-hydrogen) atoms. The molecule has 1 amide bonds. The molecule has 0 aromatic heterocycles. The van der Waals surface area contributed by atoms with Crippen molar-refractivity contribution < 1.29 is 23.9 Å². The highest BCUT2D eigenvalue weighted by molar-refractivity contribution is 6.06. The van der Waals surface area contributed by atoms with Gasteiger partial charge in [0.1, 0.15) is 0 Å². The fraction of sp³-hybridized carbons (Fsp3) is 0.273. The first kappa shape index (κ1) is 20.4. The topological polar surface area (TPSA) is 99.9 Å². The molecule has 0 aliphatic heterocycles. The molecule has 1 aliphatic rings. The summed E-state index contributed by atoms with van der Waals surface area (Å²) in [7, 11) is 1.59. The van der Waals surface area contributed by atoms with E-state index in [0.29, 0.717) is 17.2 Å². The average Bonchev–Trinajstić information content (AvgIpc) is 3.26. The molecule has 1 fully saturated rings.